The van der Waals surface area contributed by atoms with Crippen LogP contribution in [0.5, 0.6) is 5.75 Å². The highest BCUT2D eigenvalue weighted by Crippen LogP contribution is 2.36. The lowest BCUT2D eigenvalue weighted by atomic mass is 10.2. The number of methoxy groups -OCH3 is 1. The van der Waals surface area contributed by atoms with E-state index < -0.39 is 0 Å². The minimum absolute atomic E-state index is 0.125. The van der Waals surface area contributed by atoms with Gasteiger partial charge >= 0.3 is 0 Å². The summed E-state index contributed by atoms with van der Waals surface area (Å²) in [5, 5.41) is 3.29. The number of anilines is 1. The lowest BCUT2D eigenvalue weighted by Gasteiger charge is -2.14. The highest BCUT2D eigenvalue weighted by atomic mass is 79.9. The first-order valence-corrected chi connectivity index (χ1v) is 7.06. The molecule has 94 valence electrons. The first-order valence-electron chi connectivity index (χ1n) is 4.97. The molecule has 0 aromatic heterocycles. The van der Waals surface area contributed by atoms with Gasteiger partial charge in [-0.1, -0.05) is 34.5 Å². The Bertz CT molecular complexity index is 426. The van der Waals surface area contributed by atoms with Gasteiger partial charge in [0.25, 0.3) is 0 Å². The number of carbonyl (C=O) groups excluding carboxylic acids is 1. The van der Waals surface area contributed by atoms with Crippen molar-refractivity contribution in [3.8, 4) is 5.75 Å². The molecule has 1 atom stereocenters. The summed E-state index contributed by atoms with van der Waals surface area (Å²) in [4.78, 5) is 11.5. The maximum absolute atomic E-state index is 11.8. The maximum Gasteiger partial charge on any atom is 0.238 e. The predicted molar refractivity (Wildman–Crippen MR) is 77.3 cm³/mol. The van der Waals surface area contributed by atoms with Gasteiger partial charge in [0.1, 0.15) is 0 Å². The third kappa shape index (κ3) is 3.86. The molecule has 3 nitrogen and oxygen atoms in total. The van der Waals surface area contributed by atoms with Crippen LogP contribution in [0.1, 0.15) is 13.3 Å². The van der Waals surface area contributed by atoms with Crippen molar-refractivity contribution in [1.29, 1.82) is 0 Å². The number of amides is 1. The Hall–Kier alpha value is -0.260. The molecule has 1 aromatic carbocycles. The third-order valence-electron chi connectivity index (χ3n) is 2.11. The number of hydrogen-bond acceptors (Lipinski definition) is 2. The SMILES string of the molecule is CCC(Br)C(=O)Nc1cc(Cl)cc(Br)c1OC. The summed E-state index contributed by atoms with van der Waals surface area (Å²) in [6.45, 7) is 1.92. The molecule has 1 amide bonds. The minimum atomic E-state index is -0.232. The van der Waals surface area contributed by atoms with Crippen LogP contribution in [0.15, 0.2) is 16.6 Å². The van der Waals surface area contributed by atoms with Crippen LogP contribution in [0.2, 0.25) is 5.02 Å². The average molecular weight is 385 g/mol. The monoisotopic (exact) mass is 383 g/mol. The summed E-state index contributed by atoms with van der Waals surface area (Å²) in [6.07, 6.45) is 0.704. The van der Waals surface area contributed by atoms with Crippen molar-refractivity contribution in [1.82, 2.24) is 0 Å². The molecule has 6 heteroatoms. The molecular weight excluding hydrogens is 373 g/mol. The van der Waals surface area contributed by atoms with Crippen molar-refractivity contribution in [2.24, 2.45) is 0 Å². The molecule has 17 heavy (non-hydrogen) atoms. The molecule has 0 fully saturated rings. The Balaban J connectivity index is 3.01. The van der Waals surface area contributed by atoms with Crippen LogP contribution in [0.3, 0.4) is 0 Å². The first kappa shape index (κ1) is 14.8. The quantitative estimate of drug-likeness (QED) is 0.788. The Morgan fingerprint density at radius 2 is 2.24 bits per heavy atom. The molecule has 0 radical (unpaired) electrons. The molecule has 0 aliphatic carbocycles. The van der Waals surface area contributed by atoms with E-state index >= 15 is 0 Å². The van der Waals surface area contributed by atoms with Gasteiger partial charge < -0.3 is 10.1 Å². The van der Waals surface area contributed by atoms with Gasteiger partial charge in [-0.3, -0.25) is 4.79 Å². The second kappa shape index (κ2) is 6.61. The van der Waals surface area contributed by atoms with Crippen LogP contribution in [0, 0.1) is 0 Å². The van der Waals surface area contributed by atoms with E-state index in [-0.39, 0.29) is 10.7 Å². The van der Waals surface area contributed by atoms with Crippen molar-refractivity contribution in [2.45, 2.75) is 18.2 Å². The molecular formula is C11H12Br2ClNO2. The van der Waals surface area contributed by atoms with Crippen LogP contribution in [0.4, 0.5) is 5.69 Å². The second-order valence-electron chi connectivity index (χ2n) is 3.33. The van der Waals surface area contributed by atoms with E-state index in [2.05, 4.69) is 37.2 Å². The normalized spacial score (nSPS) is 12.1. The highest BCUT2D eigenvalue weighted by Gasteiger charge is 2.16. The van der Waals surface area contributed by atoms with E-state index in [0.717, 1.165) is 0 Å². The molecule has 1 aromatic rings. The van der Waals surface area contributed by atoms with E-state index in [4.69, 9.17) is 16.3 Å². The minimum Gasteiger partial charge on any atom is -0.493 e. The van der Waals surface area contributed by atoms with Gasteiger partial charge in [0.2, 0.25) is 5.91 Å². The number of rotatable bonds is 4. The van der Waals surface area contributed by atoms with E-state index in [0.29, 0.717) is 27.4 Å². The second-order valence-corrected chi connectivity index (χ2v) is 5.73. The largest absolute Gasteiger partial charge is 0.493 e. The van der Waals surface area contributed by atoms with Crippen molar-refractivity contribution in [3.63, 3.8) is 0 Å². The smallest absolute Gasteiger partial charge is 0.238 e. The zero-order valence-corrected chi connectivity index (χ0v) is 13.3. The summed E-state index contributed by atoms with van der Waals surface area (Å²) in [6, 6.07) is 3.36. The fourth-order valence-electron chi connectivity index (χ4n) is 1.26. The van der Waals surface area contributed by atoms with Crippen LogP contribution in [0.25, 0.3) is 0 Å². The molecule has 0 heterocycles. The maximum atomic E-state index is 11.8. The average Bonchev–Trinajstić information content (AvgIpc) is 2.27. The lowest BCUT2D eigenvalue weighted by molar-refractivity contribution is -0.115. The molecule has 1 N–H and O–H groups in total. The number of hydrogen-bond donors (Lipinski definition) is 1. The van der Waals surface area contributed by atoms with Crippen molar-refractivity contribution in [3.05, 3.63) is 21.6 Å². The predicted octanol–water partition coefficient (Wildman–Crippen LogP) is 4.22. The van der Waals surface area contributed by atoms with Crippen molar-refractivity contribution in [2.75, 3.05) is 12.4 Å². The first-order chi connectivity index (χ1) is 7.99. The van der Waals surface area contributed by atoms with E-state index in [1.165, 1.54) is 7.11 Å². The van der Waals surface area contributed by atoms with E-state index in [1.807, 2.05) is 6.92 Å². The molecule has 0 aliphatic rings. The van der Waals surface area contributed by atoms with Gasteiger partial charge in [-0.25, -0.2) is 0 Å². The van der Waals surface area contributed by atoms with Gasteiger partial charge in [-0.15, -0.1) is 0 Å². The highest BCUT2D eigenvalue weighted by molar-refractivity contribution is 9.10. The number of benzene rings is 1. The van der Waals surface area contributed by atoms with Crippen LogP contribution >= 0.6 is 43.5 Å². The topological polar surface area (TPSA) is 38.3 Å². The van der Waals surface area contributed by atoms with Crippen molar-refractivity contribution < 1.29 is 9.53 Å². The number of carbonyl (C=O) groups is 1. The van der Waals surface area contributed by atoms with Crippen LogP contribution in [-0.4, -0.2) is 17.8 Å². The summed E-state index contributed by atoms with van der Waals surface area (Å²) >= 11 is 12.5. The molecule has 1 rings (SSSR count). The number of ether oxygens (including phenoxy) is 1. The summed E-state index contributed by atoms with van der Waals surface area (Å²) in [5.41, 5.74) is 0.551. The molecule has 0 aliphatic heterocycles. The van der Waals surface area contributed by atoms with Gasteiger partial charge in [0, 0.05) is 5.02 Å². The van der Waals surface area contributed by atoms with E-state index in [9.17, 15) is 4.79 Å². The zero-order valence-electron chi connectivity index (χ0n) is 9.39. The van der Waals surface area contributed by atoms with Gasteiger partial charge in [-0.05, 0) is 34.5 Å². The van der Waals surface area contributed by atoms with Crippen molar-refractivity contribution >= 4 is 55.1 Å². The molecule has 0 bridgehead atoms. The summed E-state index contributed by atoms with van der Waals surface area (Å²) in [7, 11) is 1.54. The molecule has 0 saturated carbocycles. The zero-order chi connectivity index (χ0) is 13.0. The molecule has 0 spiro atoms. The van der Waals surface area contributed by atoms with Crippen LogP contribution < -0.4 is 10.1 Å². The molecule has 1 unspecified atom stereocenters. The van der Waals surface area contributed by atoms with Crippen LogP contribution in [-0.2, 0) is 4.79 Å². The number of halogens is 3. The Kier molecular flexibility index (Phi) is 5.76. The Morgan fingerprint density at radius 1 is 1.59 bits per heavy atom. The lowest BCUT2D eigenvalue weighted by Crippen LogP contribution is -2.22. The van der Waals surface area contributed by atoms with Gasteiger partial charge in [0.15, 0.2) is 5.75 Å². The summed E-state index contributed by atoms with van der Waals surface area (Å²) in [5.74, 6) is 0.429. The molecule has 0 saturated heterocycles. The Morgan fingerprint density at radius 3 is 2.76 bits per heavy atom. The fourth-order valence-corrected chi connectivity index (χ4v) is 2.34. The standard InChI is InChI=1S/C11H12Br2ClNO2/c1-3-7(12)11(16)15-9-5-6(14)4-8(13)10(9)17-2/h4-5,7H,3H2,1-2H3,(H,15,16). The van der Waals surface area contributed by atoms with E-state index in [1.54, 1.807) is 12.1 Å². The third-order valence-corrected chi connectivity index (χ3v) is 3.98. The summed E-state index contributed by atoms with van der Waals surface area (Å²) < 4.78 is 5.91. The fraction of sp³-hybridized carbons (Fsp3) is 0.364. The number of alkyl halides is 1. The van der Waals surface area contributed by atoms with Gasteiger partial charge in [-0.2, -0.15) is 0 Å². The Labute approximate surface area is 122 Å². The van der Waals surface area contributed by atoms with Gasteiger partial charge in [0.05, 0.1) is 22.1 Å². The number of nitrogens with one attached hydrogen (secondary N) is 1.